The first-order valence-corrected chi connectivity index (χ1v) is 7.25. The zero-order valence-electron chi connectivity index (χ0n) is 9.19. The van der Waals surface area contributed by atoms with Gasteiger partial charge in [-0.25, -0.2) is 8.42 Å². The molecule has 0 fully saturated rings. The minimum absolute atomic E-state index is 0.0393. The molecule has 0 aromatic heterocycles. The molecule has 3 nitrogen and oxygen atoms in total. The van der Waals surface area contributed by atoms with Crippen molar-refractivity contribution in [3.05, 3.63) is 34.9 Å². The third-order valence-electron chi connectivity index (χ3n) is 2.54. The molecule has 0 aliphatic heterocycles. The normalized spacial score (nSPS) is 13.7. The van der Waals surface area contributed by atoms with Crippen molar-refractivity contribution in [3.63, 3.8) is 0 Å². The summed E-state index contributed by atoms with van der Waals surface area (Å²) in [5, 5.41) is 0.00159. The molecule has 0 bridgehead atoms. The fraction of sp³-hybridized carbons (Fsp3) is 0.455. The highest BCUT2D eigenvalue weighted by Crippen LogP contribution is 2.20. The fourth-order valence-corrected chi connectivity index (χ4v) is 3.52. The second-order valence-corrected chi connectivity index (χ2v) is 6.35. The number of nitrogens with two attached hydrogens (primary N) is 1. The van der Waals surface area contributed by atoms with E-state index in [2.05, 4.69) is 0 Å². The van der Waals surface area contributed by atoms with Crippen LogP contribution >= 0.6 is 11.6 Å². The van der Waals surface area contributed by atoms with Gasteiger partial charge < -0.3 is 5.73 Å². The van der Waals surface area contributed by atoms with E-state index in [0.717, 1.165) is 0 Å². The van der Waals surface area contributed by atoms with Crippen LogP contribution in [0.1, 0.15) is 18.9 Å². The van der Waals surface area contributed by atoms with Crippen LogP contribution in [0.4, 0.5) is 0 Å². The highest BCUT2D eigenvalue weighted by Gasteiger charge is 2.23. The number of benzene rings is 1. The van der Waals surface area contributed by atoms with Crippen LogP contribution in [0, 0.1) is 0 Å². The number of hydrogen-bond donors (Lipinski definition) is 1. The fourth-order valence-electron chi connectivity index (χ4n) is 1.52. The van der Waals surface area contributed by atoms with Gasteiger partial charge in [-0.2, -0.15) is 0 Å². The molecule has 0 saturated carbocycles. The molecule has 2 N–H and O–H groups in total. The predicted molar refractivity (Wildman–Crippen MR) is 67.2 cm³/mol. The van der Waals surface area contributed by atoms with Crippen molar-refractivity contribution in [2.45, 2.75) is 24.3 Å². The van der Waals surface area contributed by atoms with Crippen LogP contribution in [0.3, 0.4) is 0 Å². The summed E-state index contributed by atoms with van der Waals surface area (Å²) < 4.78 is 24.0. The molecule has 0 spiro atoms. The Morgan fingerprint density at radius 1 is 1.38 bits per heavy atom. The Labute approximate surface area is 102 Å². The topological polar surface area (TPSA) is 60.2 Å². The molecule has 0 aliphatic carbocycles. The molecule has 0 heterocycles. The largest absolute Gasteiger partial charge is 0.329 e. The summed E-state index contributed by atoms with van der Waals surface area (Å²) in [4.78, 5) is 0. The SMILES string of the molecule is CCC(CN)S(=O)(=O)Cc1ccccc1Cl. The summed E-state index contributed by atoms with van der Waals surface area (Å²) in [6, 6.07) is 6.97. The maximum absolute atomic E-state index is 12.0. The van der Waals surface area contributed by atoms with Gasteiger partial charge in [0.15, 0.2) is 9.84 Å². The molecule has 0 amide bonds. The van der Waals surface area contributed by atoms with E-state index in [-0.39, 0.29) is 12.3 Å². The lowest BCUT2D eigenvalue weighted by atomic mass is 10.2. The highest BCUT2D eigenvalue weighted by molar-refractivity contribution is 7.91. The molecule has 90 valence electrons. The first-order valence-electron chi connectivity index (χ1n) is 5.16. The van der Waals surface area contributed by atoms with Crippen molar-refractivity contribution in [1.82, 2.24) is 0 Å². The number of hydrogen-bond acceptors (Lipinski definition) is 3. The van der Waals surface area contributed by atoms with Gasteiger partial charge in [0.05, 0.1) is 11.0 Å². The standard InChI is InChI=1S/C11H16ClNO2S/c1-2-10(7-13)16(14,15)8-9-5-3-4-6-11(9)12/h3-6,10H,2,7-8,13H2,1H3. The Balaban J connectivity index is 2.93. The van der Waals surface area contributed by atoms with Crippen LogP contribution in [0.15, 0.2) is 24.3 Å². The smallest absolute Gasteiger partial charge is 0.158 e. The van der Waals surface area contributed by atoms with Crippen molar-refractivity contribution in [2.24, 2.45) is 5.73 Å². The maximum Gasteiger partial charge on any atom is 0.158 e. The maximum atomic E-state index is 12.0. The molecule has 1 atom stereocenters. The Kier molecular flexibility index (Phi) is 4.77. The van der Waals surface area contributed by atoms with Crippen molar-refractivity contribution in [2.75, 3.05) is 6.54 Å². The van der Waals surface area contributed by atoms with Gasteiger partial charge in [-0.15, -0.1) is 0 Å². The second kappa shape index (κ2) is 5.66. The van der Waals surface area contributed by atoms with Gasteiger partial charge in [0.2, 0.25) is 0 Å². The molecule has 16 heavy (non-hydrogen) atoms. The van der Waals surface area contributed by atoms with Gasteiger partial charge in [-0.3, -0.25) is 0 Å². The summed E-state index contributed by atoms with van der Waals surface area (Å²) in [5.74, 6) is -0.0393. The monoisotopic (exact) mass is 261 g/mol. The predicted octanol–water partition coefficient (Wildman–Crippen LogP) is 1.99. The second-order valence-electron chi connectivity index (χ2n) is 3.66. The summed E-state index contributed by atoms with van der Waals surface area (Å²) in [5.41, 5.74) is 6.08. The molecule has 1 rings (SSSR count). The lowest BCUT2D eigenvalue weighted by Crippen LogP contribution is -2.30. The Morgan fingerprint density at radius 3 is 2.50 bits per heavy atom. The third-order valence-corrected chi connectivity index (χ3v) is 5.16. The number of rotatable bonds is 5. The Morgan fingerprint density at radius 2 is 2.00 bits per heavy atom. The quantitative estimate of drug-likeness (QED) is 0.882. The van der Waals surface area contributed by atoms with E-state index in [0.29, 0.717) is 17.0 Å². The van der Waals surface area contributed by atoms with Crippen LogP contribution in [0.5, 0.6) is 0 Å². The van der Waals surface area contributed by atoms with Crippen molar-refractivity contribution >= 4 is 21.4 Å². The molecule has 1 aromatic carbocycles. The van der Waals surface area contributed by atoms with Crippen molar-refractivity contribution < 1.29 is 8.42 Å². The zero-order valence-corrected chi connectivity index (χ0v) is 10.8. The van der Waals surface area contributed by atoms with Gasteiger partial charge in [0, 0.05) is 11.6 Å². The first kappa shape index (κ1) is 13.5. The zero-order chi connectivity index (χ0) is 12.2. The van der Waals surface area contributed by atoms with E-state index in [1.165, 1.54) is 0 Å². The molecule has 0 radical (unpaired) electrons. The van der Waals surface area contributed by atoms with E-state index < -0.39 is 15.1 Å². The number of halogens is 1. The van der Waals surface area contributed by atoms with E-state index in [9.17, 15) is 8.42 Å². The van der Waals surface area contributed by atoms with Crippen molar-refractivity contribution in [1.29, 1.82) is 0 Å². The highest BCUT2D eigenvalue weighted by atomic mass is 35.5. The molecule has 1 unspecified atom stereocenters. The average Bonchev–Trinajstić information content (AvgIpc) is 2.22. The van der Waals surface area contributed by atoms with E-state index in [1.54, 1.807) is 24.3 Å². The van der Waals surface area contributed by atoms with Crippen LogP contribution in [-0.2, 0) is 15.6 Å². The lowest BCUT2D eigenvalue weighted by molar-refractivity contribution is 0.575. The molecule has 5 heteroatoms. The lowest BCUT2D eigenvalue weighted by Gasteiger charge is -2.14. The third kappa shape index (κ3) is 3.20. The molecular weight excluding hydrogens is 246 g/mol. The molecule has 0 aliphatic rings. The van der Waals surface area contributed by atoms with E-state index in [4.69, 9.17) is 17.3 Å². The van der Waals surface area contributed by atoms with Crippen molar-refractivity contribution in [3.8, 4) is 0 Å². The van der Waals surface area contributed by atoms with Gasteiger partial charge in [0.25, 0.3) is 0 Å². The Bertz CT molecular complexity index is 441. The van der Waals surface area contributed by atoms with Gasteiger partial charge >= 0.3 is 0 Å². The van der Waals surface area contributed by atoms with Crippen LogP contribution in [0.2, 0.25) is 5.02 Å². The summed E-state index contributed by atoms with van der Waals surface area (Å²) in [7, 11) is -3.21. The van der Waals surface area contributed by atoms with Gasteiger partial charge in [0.1, 0.15) is 0 Å². The van der Waals surface area contributed by atoms with E-state index >= 15 is 0 Å². The summed E-state index contributed by atoms with van der Waals surface area (Å²) in [6.45, 7) is 1.98. The molecule has 0 saturated heterocycles. The summed E-state index contributed by atoms with van der Waals surface area (Å²) >= 11 is 5.93. The van der Waals surface area contributed by atoms with E-state index in [1.807, 2.05) is 6.92 Å². The number of sulfone groups is 1. The van der Waals surface area contributed by atoms with Crippen LogP contribution < -0.4 is 5.73 Å². The molecular formula is C11H16ClNO2S. The molecule has 1 aromatic rings. The van der Waals surface area contributed by atoms with Gasteiger partial charge in [-0.05, 0) is 18.1 Å². The average molecular weight is 262 g/mol. The minimum Gasteiger partial charge on any atom is -0.329 e. The van der Waals surface area contributed by atoms with Crippen LogP contribution in [0.25, 0.3) is 0 Å². The minimum atomic E-state index is -3.21. The first-order chi connectivity index (χ1) is 7.51. The summed E-state index contributed by atoms with van der Waals surface area (Å²) in [6.07, 6.45) is 0.531. The van der Waals surface area contributed by atoms with Crippen LogP contribution in [-0.4, -0.2) is 20.2 Å². The van der Waals surface area contributed by atoms with Gasteiger partial charge in [-0.1, -0.05) is 36.7 Å². The Hall–Kier alpha value is -0.580.